The zero-order chi connectivity index (χ0) is 15.7. The van der Waals surface area contributed by atoms with Crippen LogP contribution in [0, 0.1) is 5.41 Å². The number of rotatable bonds is 6. The van der Waals surface area contributed by atoms with Gasteiger partial charge in [0.15, 0.2) is 0 Å². The minimum atomic E-state index is 0.206. The molecular formula is C19H31NO. The molecule has 1 N–H and O–H groups in total. The number of hydrogen-bond acceptors (Lipinski definition) is 2. The first kappa shape index (κ1) is 16.4. The van der Waals surface area contributed by atoms with Gasteiger partial charge in [0, 0.05) is 17.9 Å². The van der Waals surface area contributed by atoms with E-state index in [4.69, 9.17) is 4.74 Å². The van der Waals surface area contributed by atoms with E-state index in [-0.39, 0.29) is 10.8 Å². The maximum absolute atomic E-state index is 6.20. The van der Waals surface area contributed by atoms with Crippen LogP contribution in [0.2, 0.25) is 0 Å². The minimum absolute atomic E-state index is 0.206. The third kappa shape index (κ3) is 3.26. The van der Waals surface area contributed by atoms with Crippen LogP contribution in [0.25, 0.3) is 0 Å². The van der Waals surface area contributed by atoms with Gasteiger partial charge in [0.1, 0.15) is 11.9 Å². The van der Waals surface area contributed by atoms with E-state index in [1.165, 1.54) is 5.56 Å². The summed E-state index contributed by atoms with van der Waals surface area (Å²) in [5, 5.41) is 3.54. The third-order valence-corrected chi connectivity index (χ3v) is 5.43. The first-order valence-corrected chi connectivity index (χ1v) is 8.32. The summed E-state index contributed by atoms with van der Waals surface area (Å²) < 4.78 is 6.20. The molecule has 2 unspecified atom stereocenters. The van der Waals surface area contributed by atoms with Gasteiger partial charge in [-0.2, -0.15) is 0 Å². The quantitative estimate of drug-likeness (QED) is 0.830. The third-order valence-electron chi connectivity index (χ3n) is 5.43. The van der Waals surface area contributed by atoms with Crippen molar-refractivity contribution in [2.24, 2.45) is 5.41 Å². The highest BCUT2D eigenvalue weighted by molar-refractivity contribution is 5.32. The molecule has 0 spiro atoms. The molecule has 2 rings (SSSR count). The van der Waals surface area contributed by atoms with Gasteiger partial charge < -0.3 is 10.1 Å². The normalized spacial score (nSPS) is 24.5. The van der Waals surface area contributed by atoms with Crippen molar-refractivity contribution in [1.29, 1.82) is 0 Å². The van der Waals surface area contributed by atoms with Crippen molar-refractivity contribution in [1.82, 2.24) is 5.32 Å². The summed E-state index contributed by atoms with van der Waals surface area (Å²) in [6, 6.07) is 9.26. The molecular weight excluding hydrogens is 258 g/mol. The molecule has 0 aromatic heterocycles. The molecule has 2 nitrogen and oxygen atoms in total. The topological polar surface area (TPSA) is 21.3 Å². The van der Waals surface area contributed by atoms with E-state index in [1.54, 1.807) is 0 Å². The summed E-state index contributed by atoms with van der Waals surface area (Å²) in [5.74, 6) is 0.999. The van der Waals surface area contributed by atoms with E-state index >= 15 is 0 Å². The molecule has 0 bridgehead atoms. The van der Waals surface area contributed by atoms with E-state index in [1.807, 2.05) is 0 Å². The van der Waals surface area contributed by atoms with Crippen LogP contribution >= 0.6 is 0 Å². The van der Waals surface area contributed by atoms with Gasteiger partial charge >= 0.3 is 0 Å². The van der Waals surface area contributed by atoms with E-state index in [0.717, 1.165) is 25.1 Å². The second-order valence-corrected chi connectivity index (χ2v) is 7.54. The number of benzene rings is 1. The minimum Gasteiger partial charge on any atom is -0.490 e. The molecule has 0 heterocycles. The Bertz CT molecular complexity index is 461. The predicted octanol–water partition coefficient (Wildman–Crippen LogP) is 4.53. The first-order chi connectivity index (χ1) is 9.81. The Labute approximate surface area is 130 Å². The molecule has 1 aliphatic carbocycles. The number of ether oxygens (including phenoxy) is 1. The lowest BCUT2D eigenvalue weighted by Gasteiger charge is -2.51. The Morgan fingerprint density at radius 3 is 2.29 bits per heavy atom. The van der Waals surface area contributed by atoms with Crippen LogP contribution < -0.4 is 10.1 Å². The lowest BCUT2D eigenvalue weighted by molar-refractivity contribution is -0.0541. The monoisotopic (exact) mass is 289 g/mol. The Kier molecular flexibility index (Phi) is 4.67. The van der Waals surface area contributed by atoms with E-state index in [0.29, 0.717) is 12.1 Å². The van der Waals surface area contributed by atoms with Gasteiger partial charge in [-0.05, 0) is 36.1 Å². The van der Waals surface area contributed by atoms with Crippen LogP contribution in [0.4, 0.5) is 0 Å². The lowest BCUT2D eigenvalue weighted by Crippen LogP contribution is -2.62. The van der Waals surface area contributed by atoms with Crippen molar-refractivity contribution in [2.45, 2.75) is 71.9 Å². The fraction of sp³-hybridized carbons (Fsp3) is 0.684. The number of nitrogens with one attached hydrogen (secondary N) is 1. The maximum atomic E-state index is 6.20. The zero-order valence-corrected chi connectivity index (χ0v) is 14.5. The smallest absolute Gasteiger partial charge is 0.119 e. The highest BCUT2D eigenvalue weighted by atomic mass is 16.5. The van der Waals surface area contributed by atoms with Gasteiger partial charge in [0.2, 0.25) is 0 Å². The van der Waals surface area contributed by atoms with Gasteiger partial charge in [0.05, 0.1) is 0 Å². The Morgan fingerprint density at radius 1 is 1.19 bits per heavy atom. The summed E-state index contributed by atoms with van der Waals surface area (Å²) in [5.41, 5.74) is 1.83. The fourth-order valence-corrected chi connectivity index (χ4v) is 3.03. The van der Waals surface area contributed by atoms with Crippen molar-refractivity contribution in [2.75, 3.05) is 6.54 Å². The second-order valence-electron chi connectivity index (χ2n) is 7.54. The fourth-order valence-electron chi connectivity index (χ4n) is 3.03. The molecule has 118 valence electrons. The van der Waals surface area contributed by atoms with Crippen molar-refractivity contribution >= 4 is 0 Å². The SMILES string of the molecule is CCNC1CC(Oc2ccc(C(C)(C)CC)cc2)C1(C)C. The molecule has 2 heteroatoms. The molecule has 0 aliphatic heterocycles. The van der Waals surface area contributed by atoms with Crippen LogP contribution in [-0.2, 0) is 5.41 Å². The summed E-state index contributed by atoms with van der Waals surface area (Å²) in [4.78, 5) is 0. The number of hydrogen-bond donors (Lipinski definition) is 1. The van der Waals surface area contributed by atoms with E-state index in [2.05, 4.69) is 71.1 Å². The molecule has 1 aromatic rings. The van der Waals surface area contributed by atoms with Crippen LogP contribution in [0.15, 0.2) is 24.3 Å². The zero-order valence-electron chi connectivity index (χ0n) is 14.5. The largest absolute Gasteiger partial charge is 0.490 e. The average molecular weight is 289 g/mol. The molecule has 1 fully saturated rings. The van der Waals surface area contributed by atoms with Gasteiger partial charge in [0.25, 0.3) is 0 Å². The molecule has 1 saturated carbocycles. The van der Waals surface area contributed by atoms with Crippen molar-refractivity contribution in [3.05, 3.63) is 29.8 Å². The maximum Gasteiger partial charge on any atom is 0.119 e. The van der Waals surface area contributed by atoms with E-state index < -0.39 is 0 Å². The van der Waals surface area contributed by atoms with Gasteiger partial charge in [-0.3, -0.25) is 0 Å². The Balaban J connectivity index is 1.99. The highest BCUT2D eigenvalue weighted by Crippen LogP contribution is 2.43. The second kappa shape index (κ2) is 6.00. The standard InChI is InChI=1S/C19H31NO/c1-7-18(3,4)14-9-11-15(12-10-14)21-17-13-16(20-8-2)19(17,5)6/h9-12,16-17,20H,7-8,13H2,1-6H3. The van der Waals surface area contributed by atoms with Gasteiger partial charge in [-0.25, -0.2) is 0 Å². The van der Waals surface area contributed by atoms with Gasteiger partial charge in [-0.1, -0.05) is 53.7 Å². The van der Waals surface area contributed by atoms with Gasteiger partial charge in [-0.15, -0.1) is 0 Å². The summed E-state index contributed by atoms with van der Waals surface area (Å²) >= 11 is 0. The molecule has 1 aliphatic rings. The van der Waals surface area contributed by atoms with Crippen LogP contribution in [0.5, 0.6) is 5.75 Å². The van der Waals surface area contributed by atoms with Crippen LogP contribution in [0.1, 0.15) is 59.9 Å². The van der Waals surface area contributed by atoms with E-state index in [9.17, 15) is 0 Å². The molecule has 0 radical (unpaired) electrons. The first-order valence-electron chi connectivity index (χ1n) is 8.32. The Hall–Kier alpha value is -1.02. The summed E-state index contributed by atoms with van der Waals surface area (Å²) in [6.45, 7) is 14.6. The lowest BCUT2D eigenvalue weighted by atomic mass is 9.64. The Morgan fingerprint density at radius 2 is 1.81 bits per heavy atom. The molecule has 21 heavy (non-hydrogen) atoms. The summed E-state index contributed by atoms with van der Waals surface area (Å²) in [6.07, 6.45) is 2.56. The van der Waals surface area contributed by atoms with Crippen LogP contribution in [-0.4, -0.2) is 18.7 Å². The molecule has 2 atom stereocenters. The molecule has 1 aromatic carbocycles. The average Bonchev–Trinajstić information content (AvgIpc) is 2.47. The molecule has 0 amide bonds. The predicted molar refractivity (Wildman–Crippen MR) is 90.0 cm³/mol. The van der Waals surface area contributed by atoms with Crippen molar-refractivity contribution < 1.29 is 4.74 Å². The highest BCUT2D eigenvalue weighted by Gasteiger charge is 2.49. The summed E-state index contributed by atoms with van der Waals surface area (Å²) in [7, 11) is 0. The van der Waals surface area contributed by atoms with Crippen molar-refractivity contribution in [3.63, 3.8) is 0 Å². The molecule has 0 saturated heterocycles. The van der Waals surface area contributed by atoms with Crippen LogP contribution in [0.3, 0.4) is 0 Å². The van der Waals surface area contributed by atoms with Crippen molar-refractivity contribution in [3.8, 4) is 5.75 Å².